The van der Waals surface area contributed by atoms with Crippen molar-refractivity contribution < 1.29 is 4.79 Å². The van der Waals surface area contributed by atoms with Crippen molar-refractivity contribution in [3.05, 3.63) is 0 Å². The smallest absolute Gasteiger partial charge is 0.230 e. The van der Waals surface area contributed by atoms with Crippen LogP contribution in [0.5, 0.6) is 0 Å². The minimum atomic E-state index is -0.263. The van der Waals surface area contributed by atoms with E-state index in [2.05, 4.69) is 27.4 Å². The minimum Gasteiger partial charge on any atom is -0.356 e. The number of likely N-dealkylation sites (tertiary alicyclic amines) is 1. The largest absolute Gasteiger partial charge is 0.356 e. The fourth-order valence-corrected chi connectivity index (χ4v) is 4.38. The molecule has 1 amide bonds. The number of carbonyl (C=O) groups is 1. The van der Waals surface area contributed by atoms with Crippen molar-refractivity contribution in [1.29, 1.82) is 0 Å². The zero-order chi connectivity index (χ0) is 19.0. The first-order valence-electron chi connectivity index (χ1n) is 10.4. The summed E-state index contributed by atoms with van der Waals surface area (Å²) < 4.78 is 0. The molecule has 1 saturated heterocycles. The van der Waals surface area contributed by atoms with Crippen LogP contribution in [0.15, 0.2) is 4.99 Å². The molecule has 6 heteroatoms. The molecule has 1 aliphatic carbocycles. The normalized spacial score (nSPS) is 22.1. The maximum absolute atomic E-state index is 12.7. The predicted molar refractivity (Wildman–Crippen MR) is 108 cm³/mol. The molecule has 0 aromatic carbocycles. The number of hydrogen-bond acceptors (Lipinski definition) is 3. The average molecular weight is 366 g/mol. The van der Waals surface area contributed by atoms with Crippen LogP contribution < -0.4 is 10.6 Å². The lowest BCUT2D eigenvalue weighted by molar-refractivity contribution is -0.138. The van der Waals surface area contributed by atoms with Gasteiger partial charge in [-0.3, -0.25) is 9.79 Å². The summed E-state index contributed by atoms with van der Waals surface area (Å²) in [6, 6.07) is 0. The number of nitrogens with zero attached hydrogens (tertiary/aromatic N) is 3. The van der Waals surface area contributed by atoms with Gasteiger partial charge in [-0.25, -0.2) is 0 Å². The van der Waals surface area contributed by atoms with Crippen molar-refractivity contribution in [3.8, 4) is 0 Å². The van der Waals surface area contributed by atoms with E-state index in [1.807, 2.05) is 14.1 Å². The number of carbonyl (C=O) groups excluding carboxylic acids is 1. The van der Waals surface area contributed by atoms with Gasteiger partial charge in [0, 0.05) is 40.8 Å². The molecular formula is C20H39N5O. The summed E-state index contributed by atoms with van der Waals surface area (Å²) in [4.78, 5) is 21.4. The molecule has 2 aliphatic rings. The average Bonchev–Trinajstić information content (AvgIpc) is 3.12. The van der Waals surface area contributed by atoms with Gasteiger partial charge in [0.1, 0.15) is 0 Å². The molecule has 2 N–H and O–H groups in total. The van der Waals surface area contributed by atoms with Crippen LogP contribution in [0.4, 0.5) is 0 Å². The third-order valence-electron chi connectivity index (χ3n) is 5.87. The van der Waals surface area contributed by atoms with Crippen LogP contribution in [-0.4, -0.2) is 75.5 Å². The molecule has 1 aliphatic heterocycles. The zero-order valence-electron chi connectivity index (χ0n) is 17.3. The number of guanidine groups is 1. The summed E-state index contributed by atoms with van der Waals surface area (Å²) in [6.45, 7) is 7.50. The van der Waals surface area contributed by atoms with Gasteiger partial charge in [0.25, 0.3) is 0 Å². The summed E-state index contributed by atoms with van der Waals surface area (Å²) >= 11 is 0. The van der Waals surface area contributed by atoms with E-state index in [1.165, 1.54) is 32.4 Å². The molecule has 150 valence electrons. The second kappa shape index (κ2) is 10.1. The second-order valence-electron chi connectivity index (χ2n) is 8.46. The monoisotopic (exact) mass is 365 g/mol. The molecule has 1 saturated carbocycles. The molecule has 2 rings (SSSR count). The fraction of sp³-hybridized carbons (Fsp3) is 0.900. The second-order valence-corrected chi connectivity index (χ2v) is 8.46. The van der Waals surface area contributed by atoms with Crippen molar-refractivity contribution in [3.63, 3.8) is 0 Å². The Morgan fingerprint density at radius 2 is 1.77 bits per heavy atom. The summed E-state index contributed by atoms with van der Waals surface area (Å²) in [6.07, 6.45) is 8.28. The SMILES string of the molecule is CN=C(NCC(C)CN1CCCCC1)NCC1(C(=O)N(C)C)CCCC1. The first-order valence-corrected chi connectivity index (χ1v) is 10.4. The summed E-state index contributed by atoms with van der Waals surface area (Å²) in [7, 11) is 5.52. The first kappa shape index (κ1) is 21.0. The molecule has 0 bridgehead atoms. The van der Waals surface area contributed by atoms with E-state index in [-0.39, 0.29) is 11.3 Å². The highest BCUT2D eigenvalue weighted by Gasteiger charge is 2.42. The Hall–Kier alpha value is -1.30. The highest BCUT2D eigenvalue weighted by atomic mass is 16.2. The highest BCUT2D eigenvalue weighted by molar-refractivity contribution is 5.85. The minimum absolute atomic E-state index is 0.247. The Morgan fingerprint density at radius 1 is 1.12 bits per heavy atom. The van der Waals surface area contributed by atoms with Gasteiger partial charge in [0.2, 0.25) is 5.91 Å². The van der Waals surface area contributed by atoms with E-state index in [4.69, 9.17) is 0 Å². The van der Waals surface area contributed by atoms with Crippen LogP contribution in [0.3, 0.4) is 0 Å². The quantitative estimate of drug-likeness (QED) is 0.535. The molecule has 0 radical (unpaired) electrons. The Bertz CT molecular complexity index is 465. The van der Waals surface area contributed by atoms with Gasteiger partial charge < -0.3 is 20.4 Å². The number of rotatable bonds is 7. The van der Waals surface area contributed by atoms with Gasteiger partial charge in [-0.1, -0.05) is 26.2 Å². The van der Waals surface area contributed by atoms with Gasteiger partial charge in [0.05, 0.1) is 5.41 Å². The van der Waals surface area contributed by atoms with Crippen LogP contribution >= 0.6 is 0 Å². The van der Waals surface area contributed by atoms with Crippen molar-refractivity contribution in [2.24, 2.45) is 16.3 Å². The highest BCUT2D eigenvalue weighted by Crippen LogP contribution is 2.38. The number of hydrogen-bond donors (Lipinski definition) is 2. The van der Waals surface area contributed by atoms with E-state index in [1.54, 1.807) is 11.9 Å². The van der Waals surface area contributed by atoms with Crippen molar-refractivity contribution >= 4 is 11.9 Å². The maximum Gasteiger partial charge on any atom is 0.230 e. The van der Waals surface area contributed by atoms with Gasteiger partial charge >= 0.3 is 0 Å². The third kappa shape index (κ3) is 5.86. The van der Waals surface area contributed by atoms with Gasteiger partial charge in [-0.15, -0.1) is 0 Å². The number of nitrogens with one attached hydrogen (secondary N) is 2. The lowest BCUT2D eigenvalue weighted by Crippen LogP contribution is -2.50. The molecule has 26 heavy (non-hydrogen) atoms. The Labute approximate surface area is 159 Å². The number of piperidine rings is 1. The topological polar surface area (TPSA) is 60.0 Å². The molecule has 1 unspecified atom stereocenters. The summed E-state index contributed by atoms with van der Waals surface area (Å²) in [5.74, 6) is 1.64. The molecule has 2 fully saturated rings. The van der Waals surface area contributed by atoms with Crippen molar-refractivity contribution in [2.75, 3.05) is 53.9 Å². The summed E-state index contributed by atoms with van der Waals surface area (Å²) in [5.41, 5.74) is -0.263. The molecule has 1 atom stereocenters. The van der Waals surface area contributed by atoms with E-state index in [0.29, 0.717) is 12.5 Å². The van der Waals surface area contributed by atoms with E-state index >= 15 is 0 Å². The van der Waals surface area contributed by atoms with Crippen molar-refractivity contribution in [1.82, 2.24) is 20.4 Å². The van der Waals surface area contributed by atoms with E-state index in [9.17, 15) is 4.79 Å². The molecular weight excluding hydrogens is 326 g/mol. The lowest BCUT2D eigenvalue weighted by atomic mass is 9.84. The molecule has 0 aromatic rings. The van der Waals surface area contributed by atoms with Crippen LogP contribution in [0.25, 0.3) is 0 Å². The predicted octanol–water partition coefficient (Wildman–Crippen LogP) is 1.92. The summed E-state index contributed by atoms with van der Waals surface area (Å²) in [5, 5.41) is 6.88. The first-order chi connectivity index (χ1) is 12.5. The molecule has 0 spiro atoms. The molecule has 0 aromatic heterocycles. The van der Waals surface area contributed by atoms with Crippen LogP contribution in [-0.2, 0) is 4.79 Å². The van der Waals surface area contributed by atoms with Crippen LogP contribution in [0, 0.1) is 11.3 Å². The van der Waals surface area contributed by atoms with Gasteiger partial charge in [0.15, 0.2) is 5.96 Å². The number of aliphatic imine (C=N–C) groups is 1. The maximum atomic E-state index is 12.7. The lowest BCUT2D eigenvalue weighted by Gasteiger charge is -2.32. The van der Waals surface area contributed by atoms with Gasteiger partial charge in [-0.2, -0.15) is 0 Å². The Balaban J connectivity index is 1.78. The Kier molecular flexibility index (Phi) is 8.19. The van der Waals surface area contributed by atoms with E-state index in [0.717, 1.165) is 44.7 Å². The number of amides is 1. The molecule has 6 nitrogen and oxygen atoms in total. The fourth-order valence-electron chi connectivity index (χ4n) is 4.38. The molecule has 1 heterocycles. The zero-order valence-corrected chi connectivity index (χ0v) is 17.3. The van der Waals surface area contributed by atoms with Crippen LogP contribution in [0.2, 0.25) is 0 Å². The standard InChI is InChI=1S/C20H39N5O/c1-17(15-25-12-8-5-9-13-25)14-22-19(21-2)23-16-20(10-6-7-11-20)18(26)24(3)4/h17H,5-16H2,1-4H3,(H2,21,22,23). The van der Waals surface area contributed by atoms with Crippen LogP contribution in [0.1, 0.15) is 51.9 Å². The third-order valence-corrected chi connectivity index (χ3v) is 5.87. The van der Waals surface area contributed by atoms with Gasteiger partial charge in [-0.05, 0) is 44.7 Å². The van der Waals surface area contributed by atoms with E-state index < -0.39 is 0 Å². The van der Waals surface area contributed by atoms with Crippen molar-refractivity contribution in [2.45, 2.75) is 51.9 Å². The Morgan fingerprint density at radius 3 is 2.35 bits per heavy atom.